The van der Waals surface area contributed by atoms with Crippen molar-refractivity contribution in [2.75, 3.05) is 33.0 Å². The van der Waals surface area contributed by atoms with Crippen LogP contribution in [0.2, 0.25) is 0 Å². The van der Waals surface area contributed by atoms with Crippen molar-refractivity contribution in [3.05, 3.63) is 0 Å². The van der Waals surface area contributed by atoms with Gasteiger partial charge in [0.25, 0.3) is 0 Å². The second-order valence-electron chi connectivity index (χ2n) is 4.54. The van der Waals surface area contributed by atoms with E-state index in [-0.39, 0.29) is 12.2 Å². The van der Waals surface area contributed by atoms with Crippen molar-refractivity contribution < 1.29 is 18.9 Å². The molecule has 1 fully saturated rings. The molecule has 3 unspecified atom stereocenters. The summed E-state index contributed by atoms with van der Waals surface area (Å²) in [5, 5.41) is 0. The summed E-state index contributed by atoms with van der Waals surface area (Å²) in [6.45, 7) is 9.90. The fraction of sp³-hybridized carbons (Fsp3) is 1.00. The van der Waals surface area contributed by atoms with E-state index >= 15 is 0 Å². The highest BCUT2D eigenvalue weighted by atomic mass is 16.6. The van der Waals surface area contributed by atoms with Gasteiger partial charge in [-0.3, -0.25) is 0 Å². The number of ether oxygens (including phenoxy) is 4. The third-order valence-corrected chi connectivity index (χ3v) is 2.64. The van der Waals surface area contributed by atoms with Crippen LogP contribution in [-0.4, -0.2) is 51.3 Å². The molecule has 0 saturated carbocycles. The lowest BCUT2D eigenvalue weighted by atomic mass is 10.3. The van der Waals surface area contributed by atoms with Crippen LogP contribution < -0.4 is 0 Å². The second-order valence-corrected chi connectivity index (χ2v) is 4.54. The Kier molecular flexibility index (Phi) is 7.77. The third-order valence-electron chi connectivity index (χ3n) is 2.64. The first-order valence-electron chi connectivity index (χ1n) is 6.68. The molecule has 0 aromatic rings. The van der Waals surface area contributed by atoms with Gasteiger partial charge in [-0.1, -0.05) is 13.8 Å². The highest BCUT2D eigenvalue weighted by Crippen LogP contribution is 2.11. The number of epoxide rings is 1. The molecule has 1 rings (SSSR count). The normalized spacial score (nSPS) is 22.4. The molecule has 4 heteroatoms. The van der Waals surface area contributed by atoms with Crippen LogP contribution in [0.5, 0.6) is 0 Å². The predicted octanol–water partition coefficient (Wildman–Crippen LogP) is 2.01. The van der Waals surface area contributed by atoms with Crippen LogP contribution >= 0.6 is 0 Å². The van der Waals surface area contributed by atoms with Crippen molar-refractivity contribution in [2.24, 2.45) is 0 Å². The van der Waals surface area contributed by atoms with Gasteiger partial charge in [-0.2, -0.15) is 0 Å². The first-order valence-corrected chi connectivity index (χ1v) is 6.68. The zero-order valence-corrected chi connectivity index (χ0v) is 11.3. The Labute approximate surface area is 105 Å². The largest absolute Gasteiger partial charge is 0.379 e. The van der Waals surface area contributed by atoms with Crippen molar-refractivity contribution in [2.45, 2.75) is 51.9 Å². The summed E-state index contributed by atoms with van der Waals surface area (Å²) in [4.78, 5) is 0. The molecule has 3 atom stereocenters. The minimum atomic E-state index is 0.136. The van der Waals surface area contributed by atoms with Gasteiger partial charge >= 0.3 is 0 Å². The maximum Gasteiger partial charge on any atom is 0.104 e. The van der Waals surface area contributed by atoms with E-state index in [1.807, 2.05) is 6.92 Å². The third kappa shape index (κ3) is 7.71. The van der Waals surface area contributed by atoms with Gasteiger partial charge in [-0.25, -0.2) is 0 Å². The minimum absolute atomic E-state index is 0.136. The molecule has 0 spiro atoms. The lowest BCUT2D eigenvalue weighted by molar-refractivity contribution is -0.0655. The van der Waals surface area contributed by atoms with Crippen LogP contribution in [0, 0.1) is 0 Å². The van der Waals surface area contributed by atoms with E-state index in [1.54, 1.807) is 0 Å². The fourth-order valence-electron chi connectivity index (χ4n) is 1.40. The molecule has 1 aliphatic rings. The topological polar surface area (TPSA) is 40.2 Å². The molecule has 0 amide bonds. The standard InChI is InChI=1S/C13H26O4/c1-4-6-14-7-11(3)15-8-12(5-2)16-9-13-10-17-13/h11-13H,4-10H2,1-3H3. The van der Waals surface area contributed by atoms with Crippen molar-refractivity contribution >= 4 is 0 Å². The van der Waals surface area contributed by atoms with E-state index in [1.165, 1.54) is 0 Å². The molecule has 1 aliphatic heterocycles. The Balaban J connectivity index is 1.99. The van der Waals surface area contributed by atoms with E-state index in [9.17, 15) is 0 Å². The molecule has 4 nitrogen and oxygen atoms in total. The molecule has 0 aromatic heterocycles. The first-order chi connectivity index (χ1) is 8.26. The summed E-state index contributed by atoms with van der Waals surface area (Å²) in [5.41, 5.74) is 0. The molecule has 0 aromatic carbocycles. The summed E-state index contributed by atoms with van der Waals surface area (Å²) in [5.74, 6) is 0. The van der Waals surface area contributed by atoms with Crippen molar-refractivity contribution in [3.63, 3.8) is 0 Å². The van der Waals surface area contributed by atoms with Gasteiger partial charge in [0.2, 0.25) is 0 Å². The van der Waals surface area contributed by atoms with Crippen LogP contribution in [0.4, 0.5) is 0 Å². The molecule has 0 N–H and O–H groups in total. The van der Waals surface area contributed by atoms with E-state index < -0.39 is 0 Å². The molecule has 102 valence electrons. The molecule has 1 saturated heterocycles. The molecule has 0 aliphatic carbocycles. The lowest BCUT2D eigenvalue weighted by Gasteiger charge is -2.19. The van der Waals surface area contributed by atoms with Crippen molar-refractivity contribution in [1.82, 2.24) is 0 Å². The van der Waals surface area contributed by atoms with Gasteiger partial charge in [0.1, 0.15) is 6.10 Å². The first kappa shape index (κ1) is 14.9. The summed E-state index contributed by atoms with van der Waals surface area (Å²) >= 11 is 0. The average Bonchev–Trinajstić information content (AvgIpc) is 3.13. The minimum Gasteiger partial charge on any atom is -0.379 e. The highest BCUT2D eigenvalue weighted by molar-refractivity contribution is 4.69. The highest BCUT2D eigenvalue weighted by Gasteiger charge is 2.24. The Morgan fingerprint density at radius 1 is 1.24 bits per heavy atom. The van der Waals surface area contributed by atoms with Crippen molar-refractivity contribution in [1.29, 1.82) is 0 Å². The monoisotopic (exact) mass is 246 g/mol. The van der Waals surface area contributed by atoms with Crippen LogP contribution in [0.15, 0.2) is 0 Å². The zero-order chi connectivity index (χ0) is 12.5. The van der Waals surface area contributed by atoms with Crippen LogP contribution in [0.3, 0.4) is 0 Å². The van der Waals surface area contributed by atoms with E-state index in [0.717, 1.165) is 26.1 Å². The molecular formula is C13H26O4. The summed E-state index contributed by atoms with van der Waals surface area (Å²) < 4.78 is 21.9. The van der Waals surface area contributed by atoms with Crippen LogP contribution in [-0.2, 0) is 18.9 Å². The van der Waals surface area contributed by atoms with Gasteiger partial charge < -0.3 is 18.9 Å². The van der Waals surface area contributed by atoms with E-state index in [4.69, 9.17) is 18.9 Å². The van der Waals surface area contributed by atoms with Gasteiger partial charge in [0.15, 0.2) is 0 Å². The summed E-state index contributed by atoms with van der Waals surface area (Å²) in [6, 6.07) is 0. The molecule has 0 radical (unpaired) electrons. The number of rotatable bonds is 11. The average molecular weight is 246 g/mol. The SMILES string of the molecule is CCCOCC(C)OCC(CC)OCC1CO1. The fourth-order valence-corrected chi connectivity index (χ4v) is 1.40. The Morgan fingerprint density at radius 2 is 2.00 bits per heavy atom. The maximum absolute atomic E-state index is 5.70. The quantitative estimate of drug-likeness (QED) is 0.413. The Hall–Kier alpha value is -0.160. The van der Waals surface area contributed by atoms with Gasteiger partial charge in [0.05, 0.1) is 38.6 Å². The molecule has 17 heavy (non-hydrogen) atoms. The Bertz CT molecular complexity index is 182. The zero-order valence-electron chi connectivity index (χ0n) is 11.3. The van der Waals surface area contributed by atoms with Crippen LogP contribution in [0.1, 0.15) is 33.6 Å². The molecule has 0 bridgehead atoms. The molecular weight excluding hydrogens is 220 g/mol. The van der Waals surface area contributed by atoms with E-state index in [2.05, 4.69) is 13.8 Å². The van der Waals surface area contributed by atoms with Crippen LogP contribution in [0.25, 0.3) is 0 Å². The van der Waals surface area contributed by atoms with Gasteiger partial charge in [-0.05, 0) is 19.8 Å². The van der Waals surface area contributed by atoms with Gasteiger partial charge in [0, 0.05) is 6.61 Å². The number of hydrogen-bond donors (Lipinski definition) is 0. The second kappa shape index (κ2) is 8.86. The summed E-state index contributed by atoms with van der Waals surface area (Å²) in [7, 11) is 0. The van der Waals surface area contributed by atoms with E-state index in [0.29, 0.717) is 25.9 Å². The molecule has 1 heterocycles. The summed E-state index contributed by atoms with van der Waals surface area (Å²) in [6.07, 6.45) is 2.66. The Morgan fingerprint density at radius 3 is 2.59 bits per heavy atom. The predicted molar refractivity (Wildman–Crippen MR) is 66.3 cm³/mol. The van der Waals surface area contributed by atoms with Gasteiger partial charge in [-0.15, -0.1) is 0 Å². The number of hydrogen-bond acceptors (Lipinski definition) is 4. The lowest BCUT2D eigenvalue weighted by Crippen LogP contribution is -2.26. The maximum atomic E-state index is 5.70. The van der Waals surface area contributed by atoms with Crippen molar-refractivity contribution in [3.8, 4) is 0 Å². The smallest absolute Gasteiger partial charge is 0.104 e.